The number of aryl methyl sites for hydroxylation is 3. The van der Waals surface area contributed by atoms with Gasteiger partial charge in [0.1, 0.15) is 5.82 Å². The lowest BCUT2D eigenvalue weighted by atomic mass is 10.2. The second kappa shape index (κ2) is 5.69. The molecule has 0 atom stereocenters. The van der Waals surface area contributed by atoms with Crippen LogP contribution in [0.1, 0.15) is 18.3 Å². The molecule has 0 spiro atoms. The maximum absolute atomic E-state index is 12.4. The summed E-state index contributed by atoms with van der Waals surface area (Å²) < 4.78 is 29.9. The Hall–Kier alpha value is -1.54. The molecule has 0 radical (unpaired) electrons. The van der Waals surface area contributed by atoms with Crippen LogP contribution in [0, 0.1) is 13.8 Å². The molecular formula is C13H17BrN4O2S. The molecule has 0 amide bonds. The Morgan fingerprint density at radius 3 is 2.57 bits per heavy atom. The molecule has 0 saturated heterocycles. The van der Waals surface area contributed by atoms with Crippen molar-refractivity contribution in [3.63, 3.8) is 0 Å². The van der Waals surface area contributed by atoms with E-state index in [4.69, 9.17) is 5.73 Å². The molecule has 2 aromatic rings. The van der Waals surface area contributed by atoms with E-state index >= 15 is 0 Å². The number of rotatable bonds is 4. The van der Waals surface area contributed by atoms with Gasteiger partial charge < -0.3 is 10.3 Å². The van der Waals surface area contributed by atoms with E-state index in [0.717, 1.165) is 10.0 Å². The van der Waals surface area contributed by atoms with E-state index in [2.05, 4.69) is 25.6 Å². The monoisotopic (exact) mass is 372 g/mol. The van der Waals surface area contributed by atoms with Crippen molar-refractivity contribution in [2.24, 2.45) is 0 Å². The van der Waals surface area contributed by atoms with Gasteiger partial charge in [0.05, 0.1) is 11.4 Å². The fourth-order valence-electron chi connectivity index (χ4n) is 2.02. The highest BCUT2D eigenvalue weighted by Crippen LogP contribution is 2.29. The fraction of sp³-hybridized carbons (Fsp3) is 0.308. The van der Waals surface area contributed by atoms with E-state index in [1.807, 2.05) is 6.92 Å². The van der Waals surface area contributed by atoms with Crippen LogP contribution in [0.15, 0.2) is 27.8 Å². The number of benzene rings is 1. The van der Waals surface area contributed by atoms with E-state index in [1.54, 1.807) is 30.5 Å². The van der Waals surface area contributed by atoms with Gasteiger partial charge in [0, 0.05) is 17.2 Å². The van der Waals surface area contributed by atoms with Gasteiger partial charge in [0.15, 0.2) is 5.03 Å². The number of halogens is 1. The normalized spacial score (nSPS) is 11.6. The van der Waals surface area contributed by atoms with Crippen LogP contribution in [0.25, 0.3) is 0 Å². The highest BCUT2D eigenvalue weighted by atomic mass is 79.9. The SMILES string of the molecule is CCn1cc(S(=O)(=O)Nc2c(C)cc(Br)cc2N)nc1C. The minimum Gasteiger partial charge on any atom is -0.397 e. The first kappa shape index (κ1) is 15.8. The standard InChI is InChI=1S/C13H17BrN4O2S/c1-4-18-7-12(16-9(18)3)21(19,20)17-13-8(2)5-10(14)6-11(13)15/h5-7,17H,4,15H2,1-3H3. The van der Waals surface area contributed by atoms with Crippen LogP contribution in [0.2, 0.25) is 0 Å². The van der Waals surface area contributed by atoms with Crippen LogP contribution < -0.4 is 10.5 Å². The largest absolute Gasteiger partial charge is 0.397 e. The van der Waals surface area contributed by atoms with Gasteiger partial charge >= 0.3 is 0 Å². The van der Waals surface area contributed by atoms with Crippen molar-refractivity contribution < 1.29 is 8.42 Å². The van der Waals surface area contributed by atoms with Gasteiger partial charge in [-0.1, -0.05) is 15.9 Å². The van der Waals surface area contributed by atoms with E-state index < -0.39 is 10.0 Å². The maximum Gasteiger partial charge on any atom is 0.281 e. The Balaban J connectivity index is 2.42. The molecule has 0 bridgehead atoms. The molecule has 1 aromatic heterocycles. The van der Waals surface area contributed by atoms with E-state index in [-0.39, 0.29) is 5.03 Å². The third-order valence-corrected chi connectivity index (χ3v) is 4.82. The van der Waals surface area contributed by atoms with Crippen LogP contribution >= 0.6 is 15.9 Å². The number of nitrogen functional groups attached to an aromatic ring is 1. The Morgan fingerprint density at radius 2 is 2.05 bits per heavy atom. The molecule has 1 aromatic carbocycles. The predicted molar refractivity (Wildman–Crippen MR) is 86.7 cm³/mol. The number of sulfonamides is 1. The molecule has 2 rings (SSSR count). The maximum atomic E-state index is 12.4. The summed E-state index contributed by atoms with van der Waals surface area (Å²) in [6.45, 7) is 6.14. The number of nitrogens with two attached hydrogens (primary N) is 1. The quantitative estimate of drug-likeness (QED) is 0.807. The predicted octanol–water partition coefficient (Wildman–Crippen LogP) is 2.67. The molecule has 3 N–H and O–H groups in total. The third kappa shape index (κ3) is 3.21. The summed E-state index contributed by atoms with van der Waals surface area (Å²) in [6.07, 6.45) is 1.52. The lowest BCUT2D eigenvalue weighted by molar-refractivity contribution is 0.598. The summed E-state index contributed by atoms with van der Waals surface area (Å²) in [5, 5.41) is -0.0106. The lowest BCUT2D eigenvalue weighted by Gasteiger charge is -2.12. The average molecular weight is 373 g/mol. The molecule has 1 heterocycles. The van der Waals surface area contributed by atoms with Crippen LogP contribution in [-0.2, 0) is 16.6 Å². The average Bonchev–Trinajstić information content (AvgIpc) is 2.76. The van der Waals surface area contributed by atoms with Crippen molar-refractivity contribution in [3.05, 3.63) is 34.2 Å². The van der Waals surface area contributed by atoms with Gasteiger partial charge in [-0.2, -0.15) is 8.42 Å². The minimum absolute atomic E-state index is 0.0106. The summed E-state index contributed by atoms with van der Waals surface area (Å²) in [5.41, 5.74) is 7.35. The molecule has 0 aliphatic rings. The molecule has 8 heteroatoms. The molecule has 0 saturated carbocycles. The number of imidazole rings is 1. The smallest absolute Gasteiger partial charge is 0.281 e. The Morgan fingerprint density at radius 1 is 1.38 bits per heavy atom. The Labute approximate surface area is 132 Å². The van der Waals surface area contributed by atoms with Crippen molar-refractivity contribution in [1.82, 2.24) is 9.55 Å². The fourth-order valence-corrected chi connectivity index (χ4v) is 3.78. The number of nitrogens with one attached hydrogen (secondary N) is 1. The van der Waals surface area contributed by atoms with Gasteiger partial charge in [-0.05, 0) is 38.5 Å². The van der Waals surface area contributed by atoms with E-state index in [1.165, 1.54) is 6.20 Å². The molecule has 0 aliphatic heterocycles. The van der Waals surface area contributed by atoms with E-state index in [0.29, 0.717) is 23.7 Å². The third-order valence-electron chi connectivity index (χ3n) is 3.14. The topological polar surface area (TPSA) is 90.0 Å². The van der Waals surface area contributed by atoms with Crippen molar-refractivity contribution in [1.29, 1.82) is 0 Å². The van der Waals surface area contributed by atoms with E-state index in [9.17, 15) is 8.42 Å². The first-order valence-corrected chi connectivity index (χ1v) is 8.64. The number of hydrogen-bond donors (Lipinski definition) is 2. The highest BCUT2D eigenvalue weighted by molar-refractivity contribution is 9.10. The van der Waals surface area contributed by atoms with Crippen molar-refractivity contribution >= 4 is 37.3 Å². The summed E-state index contributed by atoms with van der Waals surface area (Å²) >= 11 is 3.32. The highest BCUT2D eigenvalue weighted by Gasteiger charge is 2.21. The van der Waals surface area contributed by atoms with Crippen molar-refractivity contribution in [2.75, 3.05) is 10.5 Å². The minimum atomic E-state index is -3.76. The van der Waals surface area contributed by atoms with Crippen LogP contribution in [0.5, 0.6) is 0 Å². The van der Waals surface area contributed by atoms with Crippen LogP contribution in [0.4, 0.5) is 11.4 Å². The van der Waals surface area contributed by atoms with Crippen molar-refractivity contribution in [2.45, 2.75) is 32.3 Å². The Bertz CT molecular complexity index is 760. The van der Waals surface area contributed by atoms with Gasteiger partial charge in [-0.15, -0.1) is 0 Å². The molecule has 114 valence electrons. The molecular weight excluding hydrogens is 356 g/mol. The summed E-state index contributed by atoms with van der Waals surface area (Å²) in [6, 6.07) is 3.45. The lowest BCUT2D eigenvalue weighted by Crippen LogP contribution is -2.15. The van der Waals surface area contributed by atoms with Crippen molar-refractivity contribution in [3.8, 4) is 0 Å². The van der Waals surface area contributed by atoms with Gasteiger partial charge in [0.2, 0.25) is 0 Å². The van der Waals surface area contributed by atoms with Gasteiger partial charge in [-0.3, -0.25) is 4.72 Å². The van der Waals surface area contributed by atoms with Gasteiger partial charge in [-0.25, -0.2) is 4.98 Å². The summed E-state index contributed by atoms with van der Waals surface area (Å²) in [5.74, 6) is 0.651. The Kier molecular flexibility index (Phi) is 4.29. The zero-order valence-corrected chi connectivity index (χ0v) is 14.4. The number of aromatic nitrogens is 2. The zero-order valence-electron chi connectivity index (χ0n) is 12.0. The molecule has 0 fully saturated rings. The summed E-state index contributed by atoms with van der Waals surface area (Å²) in [7, 11) is -3.76. The number of anilines is 2. The first-order valence-electron chi connectivity index (χ1n) is 6.36. The molecule has 0 unspecified atom stereocenters. The molecule has 21 heavy (non-hydrogen) atoms. The van der Waals surface area contributed by atoms with Crippen LogP contribution in [0.3, 0.4) is 0 Å². The second-order valence-electron chi connectivity index (χ2n) is 4.70. The zero-order chi connectivity index (χ0) is 15.8. The van der Waals surface area contributed by atoms with Crippen LogP contribution in [-0.4, -0.2) is 18.0 Å². The molecule has 6 nitrogen and oxygen atoms in total. The first-order chi connectivity index (χ1) is 9.74. The number of hydrogen-bond acceptors (Lipinski definition) is 4. The number of nitrogens with zero attached hydrogens (tertiary/aromatic N) is 2. The second-order valence-corrected chi connectivity index (χ2v) is 7.25. The molecule has 0 aliphatic carbocycles. The van der Waals surface area contributed by atoms with Gasteiger partial charge in [0.25, 0.3) is 10.0 Å². The summed E-state index contributed by atoms with van der Waals surface area (Å²) in [4.78, 5) is 4.09.